The molecule has 6 nitrogen and oxygen atoms in total. The highest BCUT2D eigenvalue weighted by Gasteiger charge is 2.22. The Bertz CT molecular complexity index is 288. The molecule has 1 saturated heterocycles. The van der Waals surface area contributed by atoms with Crippen molar-refractivity contribution in [3.63, 3.8) is 0 Å². The number of piperazine rings is 1. The number of hydrogen-bond donors (Lipinski definition) is 3. The first kappa shape index (κ1) is 14.9. The summed E-state index contributed by atoms with van der Waals surface area (Å²) in [7, 11) is 0. The van der Waals surface area contributed by atoms with Gasteiger partial charge >= 0.3 is 5.97 Å². The number of amides is 1. The summed E-state index contributed by atoms with van der Waals surface area (Å²) in [6.07, 6.45) is 0.461. The molecule has 3 N–H and O–H groups in total. The molecule has 0 aromatic heterocycles. The molecule has 104 valence electrons. The summed E-state index contributed by atoms with van der Waals surface area (Å²) in [6.45, 7) is 7.58. The van der Waals surface area contributed by atoms with E-state index >= 15 is 0 Å². The van der Waals surface area contributed by atoms with Gasteiger partial charge in [0, 0.05) is 26.2 Å². The highest BCUT2D eigenvalue weighted by atomic mass is 16.4. The third-order valence-electron chi connectivity index (χ3n) is 2.92. The van der Waals surface area contributed by atoms with E-state index < -0.39 is 12.0 Å². The average molecular weight is 257 g/mol. The second-order valence-corrected chi connectivity index (χ2v) is 5.11. The Morgan fingerprint density at radius 2 is 1.94 bits per heavy atom. The van der Waals surface area contributed by atoms with Crippen LogP contribution in [0.1, 0.15) is 20.3 Å². The predicted molar refractivity (Wildman–Crippen MR) is 68.3 cm³/mol. The maximum absolute atomic E-state index is 11.8. The van der Waals surface area contributed by atoms with Crippen LogP contribution in [0.4, 0.5) is 0 Å². The van der Waals surface area contributed by atoms with E-state index in [4.69, 9.17) is 5.11 Å². The third kappa shape index (κ3) is 5.46. The number of carbonyl (C=O) groups is 2. The van der Waals surface area contributed by atoms with Gasteiger partial charge in [0.15, 0.2) is 0 Å². The number of carboxylic acid groups (broad SMARTS) is 1. The molecule has 0 aliphatic carbocycles. The molecule has 0 aromatic carbocycles. The molecule has 1 heterocycles. The minimum absolute atomic E-state index is 0.204. The predicted octanol–water partition coefficient (Wildman–Crippen LogP) is -0.493. The molecular weight excluding hydrogens is 234 g/mol. The van der Waals surface area contributed by atoms with Gasteiger partial charge in [-0.25, -0.2) is 4.79 Å². The Labute approximate surface area is 108 Å². The minimum atomic E-state index is -0.961. The number of nitrogens with zero attached hydrogens (tertiary/aromatic N) is 1. The molecule has 1 aliphatic heterocycles. The second kappa shape index (κ2) is 7.33. The van der Waals surface area contributed by atoms with E-state index in [1.807, 2.05) is 18.7 Å². The number of aliphatic carboxylic acids is 1. The molecular formula is C12H23N3O3. The summed E-state index contributed by atoms with van der Waals surface area (Å²) in [5.41, 5.74) is 0. The van der Waals surface area contributed by atoms with Crippen LogP contribution in [0, 0.1) is 5.92 Å². The smallest absolute Gasteiger partial charge is 0.326 e. The molecule has 1 atom stereocenters. The van der Waals surface area contributed by atoms with Crippen LogP contribution < -0.4 is 10.6 Å². The van der Waals surface area contributed by atoms with Crippen molar-refractivity contribution in [2.24, 2.45) is 5.92 Å². The van der Waals surface area contributed by atoms with Gasteiger partial charge in [0.1, 0.15) is 6.04 Å². The maximum atomic E-state index is 11.8. The van der Waals surface area contributed by atoms with E-state index in [0.717, 1.165) is 26.2 Å². The molecule has 1 amide bonds. The number of hydrogen-bond acceptors (Lipinski definition) is 4. The third-order valence-corrected chi connectivity index (χ3v) is 2.92. The quantitative estimate of drug-likeness (QED) is 0.598. The van der Waals surface area contributed by atoms with Crippen LogP contribution in [0.25, 0.3) is 0 Å². The van der Waals surface area contributed by atoms with Crippen molar-refractivity contribution >= 4 is 11.9 Å². The molecule has 0 unspecified atom stereocenters. The average Bonchev–Trinajstić information content (AvgIpc) is 2.28. The maximum Gasteiger partial charge on any atom is 0.326 e. The Balaban J connectivity index is 2.37. The topological polar surface area (TPSA) is 81.7 Å². The van der Waals surface area contributed by atoms with Crippen molar-refractivity contribution in [1.82, 2.24) is 15.5 Å². The zero-order chi connectivity index (χ0) is 13.5. The highest BCUT2D eigenvalue weighted by Crippen LogP contribution is 2.05. The minimum Gasteiger partial charge on any atom is -0.480 e. The van der Waals surface area contributed by atoms with Gasteiger partial charge in [-0.2, -0.15) is 0 Å². The van der Waals surface area contributed by atoms with Crippen LogP contribution in [0.3, 0.4) is 0 Å². The van der Waals surface area contributed by atoms with Crippen LogP contribution in [-0.2, 0) is 9.59 Å². The van der Waals surface area contributed by atoms with Crippen molar-refractivity contribution in [3.8, 4) is 0 Å². The molecule has 0 aromatic rings. The van der Waals surface area contributed by atoms with Gasteiger partial charge in [0.2, 0.25) is 5.91 Å². The van der Waals surface area contributed by atoms with Crippen LogP contribution in [0.5, 0.6) is 0 Å². The van der Waals surface area contributed by atoms with Gasteiger partial charge in [0.05, 0.1) is 6.54 Å². The van der Waals surface area contributed by atoms with Gasteiger partial charge in [-0.1, -0.05) is 13.8 Å². The van der Waals surface area contributed by atoms with Gasteiger partial charge in [0.25, 0.3) is 0 Å². The summed E-state index contributed by atoms with van der Waals surface area (Å²) >= 11 is 0. The lowest BCUT2D eigenvalue weighted by Gasteiger charge is -2.27. The lowest BCUT2D eigenvalue weighted by atomic mass is 10.0. The summed E-state index contributed by atoms with van der Waals surface area (Å²) in [5, 5.41) is 14.8. The van der Waals surface area contributed by atoms with E-state index in [2.05, 4.69) is 10.6 Å². The molecule has 0 radical (unpaired) electrons. The van der Waals surface area contributed by atoms with Crippen LogP contribution in [0.2, 0.25) is 0 Å². The largest absolute Gasteiger partial charge is 0.480 e. The van der Waals surface area contributed by atoms with Crippen molar-refractivity contribution in [2.75, 3.05) is 32.7 Å². The lowest BCUT2D eigenvalue weighted by molar-refractivity contribution is -0.142. The van der Waals surface area contributed by atoms with Crippen molar-refractivity contribution in [1.29, 1.82) is 0 Å². The molecule has 1 fully saturated rings. The number of carboxylic acids is 1. The van der Waals surface area contributed by atoms with E-state index in [1.165, 1.54) is 0 Å². The Morgan fingerprint density at radius 3 is 2.44 bits per heavy atom. The summed E-state index contributed by atoms with van der Waals surface area (Å²) < 4.78 is 0. The lowest BCUT2D eigenvalue weighted by Crippen LogP contribution is -2.50. The Hall–Kier alpha value is -1.14. The van der Waals surface area contributed by atoms with Crippen molar-refractivity contribution < 1.29 is 14.7 Å². The molecule has 6 heteroatoms. The molecule has 0 spiro atoms. The van der Waals surface area contributed by atoms with Crippen LogP contribution in [0.15, 0.2) is 0 Å². The van der Waals surface area contributed by atoms with E-state index in [0.29, 0.717) is 6.42 Å². The summed E-state index contributed by atoms with van der Waals surface area (Å²) in [5.74, 6) is -0.923. The zero-order valence-electron chi connectivity index (χ0n) is 11.1. The van der Waals surface area contributed by atoms with Gasteiger partial charge in [-0.15, -0.1) is 0 Å². The zero-order valence-corrected chi connectivity index (χ0v) is 11.1. The van der Waals surface area contributed by atoms with Crippen molar-refractivity contribution in [2.45, 2.75) is 26.3 Å². The van der Waals surface area contributed by atoms with E-state index in [1.54, 1.807) is 0 Å². The van der Waals surface area contributed by atoms with Gasteiger partial charge in [-0.05, 0) is 12.3 Å². The molecule has 0 bridgehead atoms. The normalized spacial score (nSPS) is 18.6. The monoisotopic (exact) mass is 257 g/mol. The number of nitrogens with one attached hydrogen (secondary N) is 2. The van der Waals surface area contributed by atoms with Gasteiger partial charge < -0.3 is 15.7 Å². The first-order valence-electron chi connectivity index (χ1n) is 6.44. The molecule has 18 heavy (non-hydrogen) atoms. The highest BCUT2D eigenvalue weighted by molar-refractivity contribution is 5.84. The number of rotatable bonds is 6. The first-order chi connectivity index (χ1) is 8.49. The summed E-state index contributed by atoms with van der Waals surface area (Å²) in [6, 6.07) is -0.777. The molecule has 0 saturated carbocycles. The fourth-order valence-electron chi connectivity index (χ4n) is 2.01. The Morgan fingerprint density at radius 1 is 1.33 bits per heavy atom. The fraction of sp³-hybridized carbons (Fsp3) is 0.833. The standard InChI is InChI=1S/C12H23N3O3/c1-9(2)7-10(12(17)18)14-11(16)8-15-5-3-13-4-6-15/h9-10,13H,3-8H2,1-2H3,(H,14,16)(H,17,18)/t10-/m0/s1. The fourth-order valence-corrected chi connectivity index (χ4v) is 2.01. The Kier molecular flexibility index (Phi) is 6.07. The SMILES string of the molecule is CC(C)C[C@H](NC(=O)CN1CCNCC1)C(=O)O. The number of carbonyl (C=O) groups excluding carboxylic acids is 1. The second-order valence-electron chi connectivity index (χ2n) is 5.11. The van der Waals surface area contributed by atoms with E-state index in [-0.39, 0.29) is 18.4 Å². The van der Waals surface area contributed by atoms with Crippen LogP contribution >= 0.6 is 0 Å². The van der Waals surface area contributed by atoms with E-state index in [9.17, 15) is 9.59 Å². The first-order valence-corrected chi connectivity index (χ1v) is 6.44. The molecule has 1 rings (SSSR count). The summed E-state index contributed by atoms with van der Waals surface area (Å²) in [4.78, 5) is 24.8. The van der Waals surface area contributed by atoms with Crippen molar-refractivity contribution in [3.05, 3.63) is 0 Å². The van der Waals surface area contributed by atoms with Gasteiger partial charge in [-0.3, -0.25) is 9.69 Å². The molecule has 1 aliphatic rings. The van der Waals surface area contributed by atoms with Crippen LogP contribution in [-0.4, -0.2) is 60.6 Å².